The molecule has 0 saturated carbocycles. The summed E-state index contributed by atoms with van der Waals surface area (Å²) in [7, 11) is -7.33. The third-order valence-electron chi connectivity index (χ3n) is 6.17. The van der Waals surface area contributed by atoms with Gasteiger partial charge in [-0.05, 0) is 88.2 Å². The summed E-state index contributed by atoms with van der Waals surface area (Å²) in [5, 5.41) is 1.87. The first-order valence-corrected chi connectivity index (χ1v) is 16.8. The molecule has 8 nitrogen and oxygen atoms in total. The normalized spacial score (nSPS) is 11.9. The highest BCUT2D eigenvalue weighted by Crippen LogP contribution is 2.30. The van der Waals surface area contributed by atoms with Crippen molar-refractivity contribution in [2.45, 2.75) is 23.6 Å². The van der Waals surface area contributed by atoms with Crippen molar-refractivity contribution >= 4 is 85.6 Å². The fourth-order valence-electron chi connectivity index (χ4n) is 4.02. The van der Waals surface area contributed by atoms with Crippen LogP contribution in [0.2, 0.25) is 5.02 Å². The fraction of sp³-hybridized carbons (Fsp3) is 0.0714. The van der Waals surface area contributed by atoms with Gasteiger partial charge in [-0.25, -0.2) is 34.7 Å². The molecule has 2 aromatic carbocycles. The minimum absolute atomic E-state index is 0.217. The molecule has 210 valence electrons. The van der Waals surface area contributed by atoms with Crippen LogP contribution in [0.3, 0.4) is 0 Å². The lowest BCUT2D eigenvalue weighted by atomic mass is 10.2. The summed E-state index contributed by atoms with van der Waals surface area (Å²) in [4.78, 5) is 8.76. The molecule has 0 bridgehead atoms. The summed E-state index contributed by atoms with van der Waals surface area (Å²) in [6.07, 6.45) is 6.03. The van der Waals surface area contributed by atoms with E-state index in [1.54, 1.807) is 66.9 Å². The Hall–Kier alpha value is -3.03. The van der Waals surface area contributed by atoms with E-state index in [0.717, 1.165) is 20.5 Å². The highest BCUT2D eigenvalue weighted by molar-refractivity contribution is 9.11. The van der Waals surface area contributed by atoms with Crippen molar-refractivity contribution < 1.29 is 16.8 Å². The lowest BCUT2D eigenvalue weighted by Crippen LogP contribution is -2.12. The molecule has 0 fully saturated rings. The van der Waals surface area contributed by atoms with E-state index in [-0.39, 0.29) is 9.79 Å². The number of aryl methyl sites for hydroxylation is 2. The van der Waals surface area contributed by atoms with Gasteiger partial charge in [-0.1, -0.05) is 47.0 Å². The van der Waals surface area contributed by atoms with Gasteiger partial charge in [0.25, 0.3) is 20.0 Å². The molecule has 0 radical (unpaired) electrons. The van der Waals surface area contributed by atoms with Crippen molar-refractivity contribution in [3.8, 4) is 0 Å². The third-order valence-corrected chi connectivity index (χ3v) is 11.0. The van der Waals surface area contributed by atoms with Gasteiger partial charge < -0.3 is 0 Å². The molecule has 0 unspecified atom stereocenters. The second kappa shape index (κ2) is 11.3. The van der Waals surface area contributed by atoms with Crippen LogP contribution in [0.15, 0.2) is 110 Å². The number of benzene rings is 2. The zero-order chi connectivity index (χ0) is 29.5. The molecule has 4 aromatic heterocycles. The lowest BCUT2D eigenvalue weighted by molar-refractivity contribution is 0.587. The van der Waals surface area contributed by atoms with E-state index < -0.39 is 20.0 Å². The Balaban J connectivity index is 0.000000165. The van der Waals surface area contributed by atoms with E-state index in [4.69, 9.17) is 11.6 Å². The molecular formula is C28H21Br2ClN4O4S2. The van der Waals surface area contributed by atoms with Crippen LogP contribution in [0.4, 0.5) is 0 Å². The highest BCUT2D eigenvalue weighted by Gasteiger charge is 2.22. The molecule has 0 aliphatic carbocycles. The number of fused-ring (bicyclic) bond motifs is 2. The van der Waals surface area contributed by atoms with Gasteiger partial charge in [-0.15, -0.1) is 0 Å². The number of pyridine rings is 2. The van der Waals surface area contributed by atoms with Gasteiger partial charge in [0.15, 0.2) is 11.3 Å². The number of rotatable bonds is 4. The van der Waals surface area contributed by atoms with Gasteiger partial charge in [0, 0.05) is 44.5 Å². The Bertz CT molecular complexity index is 2130. The predicted molar refractivity (Wildman–Crippen MR) is 167 cm³/mol. The average molecular weight is 737 g/mol. The van der Waals surface area contributed by atoms with Crippen LogP contribution in [0.25, 0.3) is 22.1 Å². The molecule has 0 N–H and O–H groups in total. The van der Waals surface area contributed by atoms with Crippen LogP contribution in [-0.2, 0) is 20.0 Å². The van der Waals surface area contributed by atoms with E-state index in [9.17, 15) is 16.8 Å². The molecular weight excluding hydrogens is 716 g/mol. The maximum absolute atomic E-state index is 12.7. The van der Waals surface area contributed by atoms with Crippen molar-refractivity contribution in [2.75, 3.05) is 0 Å². The van der Waals surface area contributed by atoms with Gasteiger partial charge in [0.1, 0.15) is 0 Å². The van der Waals surface area contributed by atoms with Crippen LogP contribution in [0.5, 0.6) is 0 Å². The number of halogens is 3. The second-order valence-corrected chi connectivity index (χ2v) is 14.9. The number of hydrogen-bond acceptors (Lipinski definition) is 6. The molecule has 0 atom stereocenters. The van der Waals surface area contributed by atoms with Gasteiger partial charge in [-0.2, -0.15) is 0 Å². The summed E-state index contributed by atoms with van der Waals surface area (Å²) in [5.41, 5.74) is 2.77. The predicted octanol–water partition coefficient (Wildman–Crippen LogP) is 7.34. The van der Waals surface area contributed by atoms with Gasteiger partial charge >= 0.3 is 0 Å². The minimum atomic E-state index is -3.69. The largest absolute Gasteiger partial charge is 0.269 e. The first-order valence-electron chi connectivity index (χ1n) is 12.0. The van der Waals surface area contributed by atoms with Crippen molar-refractivity contribution in [1.29, 1.82) is 0 Å². The summed E-state index contributed by atoms with van der Waals surface area (Å²) < 4.78 is 54.5. The van der Waals surface area contributed by atoms with E-state index in [1.807, 2.05) is 19.9 Å². The third kappa shape index (κ3) is 5.71. The quantitative estimate of drug-likeness (QED) is 0.188. The molecule has 0 spiro atoms. The van der Waals surface area contributed by atoms with Crippen molar-refractivity contribution in [3.63, 3.8) is 0 Å². The Morgan fingerprint density at radius 3 is 1.66 bits per heavy atom. The standard InChI is InChI=1S/C14H10BrClN2O2S.C14H11BrN2O2S/c1-9-2-4-11(5-3-9)21(19,20)18-8-13(15)12-6-10(16)7-17-14(12)18;1-10-4-6-11(7-5-10)20(18,19)17-9-13(15)12-3-2-8-16-14(12)17/h2-8H,1H3;2-9H,1H3. The number of nitrogens with zero attached hydrogens (tertiary/aromatic N) is 4. The molecule has 4 heterocycles. The monoisotopic (exact) mass is 734 g/mol. The zero-order valence-electron chi connectivity index (χ0n) is 21.5. The first-order chi connectivity index (χ1) is 19.4. The topological polar surface area (TPSA) is 104 Å². The summed E-state index contributed by atoms with van der Waals surface area (Å²) in [6.45, 7) is 3.82. The van der Waals surface area contributed by atoms with Crippen LogP contribution >= 0.6 is 43.5 Å². The average Bonchev–Trinajstić information content (AvgIpc) is 3.47. The van der Waals surface area contributed by atoms with Crippen LogP contribution in [-0.4, -0.2) is 34.7 Å². The van der Waals surface area contributed by atoms with Gasteiger partial charge in [0.2, 0.25) is 0 Å². The number of hydrogen-bond donors (Lipinski definition) is 0. The summed E-state index contributed by atoms with van der Waals surface area (Å²) in [5.74, 6) is 0. The molecule has 6 rings (SSSR count). The zero-order valence-corrected chi connectivity index (χ0v) is 27.1. The molecule has 0 aliphatic heterocycles. The van der Waals surface area contributed by atoms with E-state index in [2.05, 4.69) is 41.8 Å². The highest BCUT2D eigenvalue weighted by atomic mass is 79.9. The van der Waals surface area contributed by atoms with Crippen LogP contribution in [0.1, 0.15) is 11.1 Å². The lowest BCUT2D eigenvalue weighted by Gasteiger charge is -2.07. The first kappa shape index (κ1) is 29.5. The van der Waals surface area contributed by atoms with Crippen LogP contribution in [0, 0.1) is 13.8 Å². The summed E-state index contributed by atoms with van der Waals surface area (Å²) in [6, 6.07) is 18.7. The SMILES string of the molecule is Cc1ccc(S(=O)(=O)n2cc(Br)c3cc(Cl)cnc32)cc1.Cc1ccc(S(=O)(=O)n2cc(Br)c3cccnc32)cc1. The molecule has 0 saturated heterocycles. The Labute approximate surface area is 259 Å². The Morgan fingerprint density at radius 2 is 1.15 bits per heavy atom. The van der Waals surface area contributed by atoms with Crippen molar-refractivity contribution in [2.24, 2.45) is 0 Å². The molecule has 41 heavy (non-hydrogen) atoms. The number of aromatic nitrogens is 4. The van der Waals surface area contributed by atoms with Gasteiger partial charge in [-0.3, -0.25) is 0 Å². The molecule has 0 amide bonds. The molecule has 13 heteroatoms. The van der Waals surface area contributed by atoms with E-state index in [0.29, 0.717) is 30.6 Å². The van der Waals surface area contributed by atoms with Crippen molar-refractivity contribution in [3.05, 3.63) is 117 Å². The summed E-state index contributed by atoms with van der Waals surface area (Å²) >= 11 is 12.6. The Kier molecular flexibility index (Phi) is 8.14. The second-order valence-electron chi connectivity index (χ2n) is 9.08. The fourth-order valence-corrected chi connectivity index (χ4v) is 8.11. The van der Waals surface area contributed by atoms with E-state index >= 15 is 0 Å². The maximum atomic E-state index is 12.7. The Morgan fingerprint density at radius 1 is 0.683 bits per heavy atom. The van der Waals surface area contributed by atoms with Crippen LogP contribution < -0.4 is 0 Å². The van der Waals surface area contributed by atoms with E-state index in [1.165, 1.54) is 22.6 Å². The smallest absolute Gasteiger partial charge is 0.237 e. The van der Waals surface area contributed by atoms with Crippen molar-refractivity contribution in [1.82, 2.24) is 17.9 Å². The molecule has 6 aromatic rings. The molecule has 0 aliphatic rings. The van der Waals surface area contributed by atoms with Gasteiger partial charge in [0.05, 0.1) is 14.8 Å². The maximum Gasteiger partial charge on any atom is 0.269 e. The minimum Gasteiger partial charge on any atom is -0.237 e.